The van der Waals surface area contributed by atoms with E-state index in [1.54, 1.807) is 7.05 Å². The van der Waals surface area contributed by atoms with E-state index in [0.717, 1.165) is 0 Å². The van der Waals surface area contributed by atoms with Crippen LogP contribution in [0.1, 0.15) is 0 Å². The van der Waals surface area contributed by atoms with Gasteiger partial charge in [0.15, 0.2) is 5.82 Å². The number of hydrogen-bond acceptors (Lipinski definition) is 3. The number of carbonyl (C=O) groups is 1. The zero-order valence-corrected chi connectivity index (χ0v) is 5.90. The average molecular weight is 156 g/mol. The molecule has 60 valence electrons. The fourth-order valence-corrected chi connectivity index (χ4v) is 0.717. The molecule has 1 aromatic heterocycles. The first-order valence-electron chi connectivity index (χ1n) is 2.88. The minimum atomic E-state index is -1.15. The van der Waals surface area contributed by atoms with Crippen molar-refractivity contribution in [2.75, 3.05) is 11.1 Å². The maximum atomic E-state index is 10.1. The molecule has 11 heavy (non-hydrogen) atoms. The van der Waals surface area contributed by atoms with E-state index in [2.05, 4.69) is 10.4 Å². The van der Waals surface area contributed by atoms with Gasteiger partial charge in [0.1, 0.15) is 5.69 Å². The molecule has 1 rings (SSSR count). The Morgan fingerprint density at radius 2 is 2.55 bits per heavy atom. The first kappa shape index (κ1) is 7.39. The summed E-state index contributed by atoms with van der Waals surface area (Å²) in [5.41, 5.74) is 5.64. The summed E-state index contributed by atoms with van der Waals surface area (Å²) in [6.07, 6.45) is 0.341. The molecule has 0 aliphatic carbocycles. The molecule has 1 heterocycles. The number of anilines is 2. The van der Waals surface area contributed by atoms with E-state index in [-0.39, 0.29) is 5.82 Å². The van der Waals surface area contributed by atoms with E-state index in [0.29, 0.717) is 5.69 Å². The average Bonchev–Trinajstić information content (AvgIpc) is 2.09. The number of nitrogens with two attached hydrogens (primary N) is 1. The number of nitrogen functional groups attached to an aromatic ring is 1. The number of rotatable bonds is 1. The molecule has 1 aromatic rings. The van der Waals surface area contributed by atoms with E-state index in [1.165, 1.54) is 10.9 Å². The molecule has 1 amide bonds. The minimum absolute atomic E-state index is 0.176. The zero-order chi connectivity index (χ0) is 8.43. The normalized spacial score (nSPS) is 9.55. The number of hydrogen-bond donors (Lipinski definition) is 3. The molecule has 0 saturated heterocycles. The number of nitrogens with one attached hydrogen (secondary N) is 1. The fourth-order valence-electron chi connectivity index (χ4n) is 0.717. The van der Waals surface area contributed by atoms with Crippen LogP contribution in [0.4, 0.5) is 16.3 Å². The van der Waals surface area contributed by atoms with Crippen molar-refractivity contribution >= 4 is 17.6 Å². The summed E-state index contributed by atoms with van der Waals surface area (Å²) in [7, 11) is 1.66. The third-order valence-electron chi connectivity index (χ3n) is 1.10. The van der Waals surface area contributed by atoms with Crippen LogP contribution in [0.15, 0.2) is 6.20 Å². The van der Waals surface area contributed by atoms with Gasteiger partial charge in [0.25, 0.3) is 0 Å². The van der Waals surface area contributed by atoms with Crippen LogP contribution in [0.3, 0.4) is 0 Å². The summed E-state index contributed by atoms with van der Waals surface area (Å²) in [5.74, 6) is 0.176. The molecule has 0 aliphatic rings. The highest BCUT2D eigenvalue weighted by Gasteiger charge is 2.05. The predicted octanol–water partition coefficient (Wildman–Crippen LogP) is 0.0922. The van der Waals surface area contributed by atoms with Crippen molar-refractivity contribution in [3.63, 3.8) is 0 Å². The molecule has 0 spiro atoms. The first-order chi connectivity index (χ1) is 5.09. The smallest absolute Gasteiger partial charge is 0.409 e. The van der Waals surface area contributed by atoms with E-state index >= 15 is 0 Å². The van der Waals surface area contributed by atoms with Gasteiger partial charge in [-0.3, -0.25) is 10.00 Å². The zero-order valence-electron chi connectivity index (χ0n) is 5.90. The molecule has 6 nitrogen and oxygen atoms in total. The highest BCUT2D eigenvalue weighted by Crippen LogP contribution is 2.13. The maximum absolute atomic E-state index is 10.1. The van der Waals surface area contributed by atoms with E-state index in [1.807, 2.05) is 0 Å². The largest absolute Gasteiger partial charge is 0.465 e. The second-order valence-corrected chi connectivity index (χ2v) is 2.03. The Morgan fingerprint density at radius 1 is 1.91 bits per heavy atom. The van der Waals surface area contributed by atoms with Gasteiger partial charge in [0.05, 0.1) is 6.20 Å². The number of nitrogens with zero attached hydrogens (tertiary/aromatic N) is 2. The highest BCUT2D eigenvalue weighted by atomic mass is 16.4. The van der Waals surface area contributed by atoms with Crippen LogP contribution < -0.4 is 11.1 Å². The van der Waals surface area contributed by atoms with Gasteiger partial charge < -0.3 is 10.8 Å². The Balaban J connectivity index is 2.85. The fraction of sp³-hybridized carbons (Fsp3) is 0.200. The van der Waals surface area contributed by atoms with Crippen LogP contribution in [0.2, 0.25) is 0 Å². The molecular formula is C5H8N4O2. The quantitative estimate of drug-likeness (QED) is 0.537. The summed E-state index contributed by atoms with van der Waals surface area (Å²) in [5, 5.41) is 14.1. The summed E-state index contributed by atoms with van der Waals surface area (Å²) < 4.78 is 1.43. The first-order valence-corrected chi connectivity index (χ1v) is 2.88. The Morgan fingerprint density at radius 3 is 2.91 bits per heavy atom. The third-order valence-corrected chi connectivity index (χ3v) is 1.10. The molecule has 0 aliphatic heterocycles. The van der Waals surface area contributed by atoms with Gasteiger partial charge in [-0.05, 0) is 0 Å². The summed E-state index contributed by atoms with van der Waals surface area (Å²) in [4.78, 5) is 10.1. The molecule has 0 bridgehead atoms. The molecular weight excluding hydrogens is 148 g/mol. The molecule has 0 fully saturated rings. The van der Waals surface area contributed by atoms with Crippen molar-refractivity contribution < 1.29 is 9.90 Å². The van der Waals surface area contributed by atoms with E-state index in [9.17, 15) is 4.79 Å². The van der Waals surface area contributed by atoms with Gasteiger partial charge in [-0.2, -0.15) is 5.10 Å². The predicted molar refractivity (Wildman–Crippen MR) is 39.3 cm³/mol. The Bertz CT molecular complexity index is 280. The van der Waals surface area contributed by atoms with Gasteiger partial charge in [-0.1, -0.05) is 0 Å². The minimum Gasteiger partial charge on any atom is -0.465 e. The van der Waals surface area contributed by atoms with Gasteiger partial charge >= 0.3 is 6.09 Å². The van der Waals surface area contributed by atoms with Crippen molar-refractivity contribution in [1.29, 1.82) is 0 Å². The van der Waals surface area contributed by atoms with Crippen LogP contribution in [0.5, 0.6) is 0 Å². The Kier molecular flexibility index (Phi) is 1.67. The topological polar surface area (TPSA) is 93.2 Å². The molecule has 4 N–H and O–H groups in total. The molecule has 0 radical (unpaired) electrons. The van der Waals surface area contributed by atoms with E-state index < -0.39 is 6.09 Å². The van der Waals surface area contributed by atoms with Crippen LogP contribution >= 0.6 is 0 Å². The molecule has 0 unspecified atom stereocenters. The third kappa shape index (κ3) is 1.60. The second-order valence-electron chi connectivity index (χ2n) is 2.03. The lowest BCUT2D eigenvalue weighted by molar-refractivity contribution is 0.210. The van der Waals surface area contributed by atoms with Gasteiger partial charge in [0.2, 0.25) is 0 Å². The van der Waals surface area contributed by atoms with Crippen molar-refractivity contribution in [2.24, 2.45) is 7.05 Å². The lowest BCUT2D eigenvalue weighted by Crippen LogP contribution is -2.07. The lowest BCUT2D eigenvalue weighted by Gasteiger charge is -1.94. The molecule has 0 atom stereocenters. The van der Waals surface area contributed by atoms with Crippen LogP contribution in [0.25, 0.3) is 0 Å². The number of aromatic nitrogens is 2. The van der Waals surface area contributed by atoms with Gasteiger partial charge in [-0.15, -0.1) is 0 Å². The van der Waals surface area contributed by atoms with Gasteiger partial charge in [0, 0.05) is 7.05 Å². The lowest BCUT2D eigenvalue weighted by atomic mass is 10.5. The van der Waals surface area contributed by atoms with Crippen molar-refractivity contribution in [1.82, 2.24) is 9.78 Å². The number of carboxylic acid groups (broad SMARTS) is 1. The Hall–Kier alpha value is -1.72. The molecule has 0 aromatic carbocycles. The SMILES string of the molecule is Cn1cc(NC(=O)O)c(N)n1. The highest BCUT2D eigenvalue weighted by molar-refractivity contribution is 5.86. The summed E-state index contributed by atoms with van der Waals surface area (Å²) in [6.45, 7) is 0. The van der Waals surface area contributed by atoms with Gasteiger partial charge in [-0.25, -0.2) is 4.79 Å². The molecule has 6 heteroatoms. The number of aryl methyl sites for hydroxylation is 1. The van der Waals surface area contributed by atoms with Crippen LogP contribution in [-0.4, -0.2) is 21.0 Å². The Labute approximate surface area is 62.6 Å². The second kappa shape index (κ2) is 2.49. The molecule has 0 saturated carbocycles. The standard InChI is InChI=1S/C5H8N4O2/c1-9-2-3(4(6)8-9)7-5(10)11/h2,7H,1H3,(H2,6,8)(H,10,11). The van der Waals surface area contributed by atoms with Crippen LogP contribution in [-0.2, 0) is 7.05 Å². The van der Waals surface area contributed by atoms with E-state index in [4.69, 9.17) is 10.8 Å². The van der Waals surface area contributed by atoms with Crippen LogP contribution in [0, 0.1) is 0 Å². The van der Waals surface area contributed by atoms with Crippen molar-refractivity contribution in [3.8, 4) is 0 Å². The summed E-state index contributed by atoms with van der Waals surface area (Å²) in [6, 6.07) is 0. The van der Waals surface area contributed by atoms with Crippen molar-refractivity contribution in [3.05, 3.63) is 6.20 Å². The number of amides is 1. The van der Waals surface area contributed by atoms with Crippen molar-refractivity contribution in [2.45, 2.75) is 0 Å². The maximum Gasteiger partial charge on any atom is 0.409 e. The monoisotopic (exact) mass is 156 g/mol. The summed E-state index contributed by atoms with van der Waals surface area (Å²) >= 11 is 0.